The second-order valence-corrected chi connectivity index (χ2v) is 3.83. The van der Waals surface area contributed by atoms with E-state index in [-0.39, 0.29) is 11.5 Å². The van der Waals surface area contributed by atoms with Crippen molar-refractivity contribution in [2.75, 3.05) is 13.1 Å². The highest BCUT2D eigenvalue weighted by atomic mass is 32.1. The fourth-order valence-electron chi connectivity index (χ4n) is 1.39. The van der Waals surface area contributed by atoms with Gasteiger partial charge in [0.15, 0.2) is 5.11 Å². The average Bonchev–Trinajstić information content (AvgIpc) is 2.30. The number of nitrogens with zero attached hydrogens (tertiary/aromatic N) is 1. The molecule has 5 heteroatoms. The summed E-state index contributed by atoms with van der Waals surface area (Å²) in [5.74, 6) is -0.826. The maximum atomic E-state index is 12.9. The minimum Gasteiger partial charge on any atom is -0.350 e. The van der Waals surface area contributed by atoms with Crippen molar-refractivity contribution in [1.29, 1.82) is 0 Å². The summed E-state index contributed by atoms with van der Waals surface area (Å²) in [4.78, 5) is 13.6. The molecule has 0 aliphatic heterocycles. The smallest absolute Gasteiger partial charge is 0.257 e. The molecule has 0 saturated carbocycles. The van der Waals surface area contributed by atoms with Gasteiger partial charge in [0.1, 0.15) is 5.82 Å². The Hall–Kier alpha value is -1.49. The van der Waals surface area contributed by atoms with Crippen molar-refractivity contribution in [3.05, 3.63) is 35.6 Å². The Balaban J connectivity index is 2.70. The van der Waals surface area contributed by atoms with Gasteiger partial charge in [0.25, 0.3) is 5.91 Å². The van der Waals surface area contributed by atoms with E-state index in [2.05, 4.69) is 5.32 Å². The van der Waals surface area contributed by atoms with Crippen LogP contribution in [0.2, 0.25) is 0 Å². The van der Waals surface area contributed by atoms with Crippen molar-refractivity contribution in [3.63, 3.8) is 0 Å². The van der Waals surface area contributed by atoms with Crippen LogP contribution in [0.3, 0.4) is 0 Å². The van der Waals surface area contributed by atoms with Gasteiger partial charge < -0.3 is 4.90 Å². The van der Waals surface area contributed by atoms with Gasteiger partial charge >= 0.3 is 0 Å². The van der Waals surface area contributed by atoms with E-state index in [4.69, 9.17) is 12.2 Å². The number of amides is 1. The molecule has 0 aliphatic rings. The minimum atomic E-state index is -0.439. The summed E-state index contributed by atoms with van der Waals surface area (Å²) in [6.07, 6.45) is 0. The molecule has 0 saturated heterocycles. The monoisotopic (exact) mass is 254 g/mol. The van der Waals surface area contributed by atoms with Gasteiger partial charge in [0, 0.05) is 18.7 Å². The zero-order valence-corrected chi connectivity index (χ0v) is 10.7. The largest absolute Gasteiger partial charge is 0.350 e. The van der Waals surface area contributed by atoms with Gasteiger partial charge in [-0.15, -0.1) is 0 Å². The first-order valence-electron chi connectivity index (χ1n) is 5.44. The van der Waals surface area contributed by atoms with E-state index in [0.717, 1.165) is 13.1 Å². The quantitative estimate of drug-likeness (QED) is 0.839. The van der Waals surface area contributed by atoms with Crippen LogP contribution in [0.1, 0.15) is 24.2 Å². The second kappa shape index (κ2) is 6.30. The molecule has 1 aromatic carbocycles. The van der Waals surface area contributed by atoms with Crippen molar-refractivity contribution in [3.8, 4) is 0 Å². The predicted molar refractivity (Wildman–Crippen MR) is 69.4 cm³/mol. The van der Waals surface area contributed by atoms with Crippen LogP contribution in [0.5, 0.6) is 0 Å². The lowest BCUT2D eigenvalue weighted by Crippen LogP contribution is -2.42. The Bertz CT molecular complexity index is 419. The number of nitrogens with one attached hydrogen (secondary N) is 1. The summed E-state index contributed by atoms with van der Waals surface area (Å²) < 4.78 is 12.9. The maximum absolute atomic E-state index is 12.9. The van der Waals surface area contributed by atoms with Gasteiger partial charge in [-0.2, -0.15) is 0 Å². The highest BCUT2D eigenvalue weighted by molar-refractivity contribution is 7.80. The van der Waals surface area contributed by atoms with Gasteiger partial charge in [0.2, 0.25) is 0 Å². The third-order valence-electron chi connectivity index (χ3n) is 2.36. The van der Waals surface area contributed by atoms with E-state index < -0.39 is 5.82 Å². The molecule has 0 aliphatic carbocycles. The van der Waals surface area contributed by atoms with Crippen LogP contribution in [0.4, 0.5) is 4.39 Å². The summed E-state index contributed by atoms with van der Waals surface area (Å²) in [5.41, 5.74) is 0.263. The number of carbonyl (C=O) groups is 1. The average molecular weight is 254 g/mol. The standard InChI is InChI=1S/C12H15FN2OS/c1-3-15(4-2)12(17)14-11(16)9-6-5-7-10(13)8-9/h5-8H,3-4H2,1-2H3,(H,14,16,17). The Labute approximate surface area is 106 Å². The molecular formula is C12H15FN2OS. The molecule has 0 unspecified atom stereocenters. The Morgan fingerprint density at radius 3 is 2.59 bits per heavy atom. The summed E-state index contributed by atoms with van der Waals surface area (Å²) in [6, 6.07) is 5.51. The molecule has 0 bridgehead atoms. The SMILES string of the molecule is CCN(CC)C(=S)NC(=O)c1cccc(F)c1. The van der Waals surface area contributed by atoms with Crippen molar-refractivity contribution in [1.82, 2.24) is 10.2 Å². The van der Waals surface area contributed by atoms with E-state index in [0.29, 0.717) is 5.11 Å². The highest BCUT2D eigenvalue weighted by Gasteiger charge is 2.11. The lowest BCUT2D eigenvalue weighted by molar-refractivity contribution is 0.0973. The highest BCUT2D eigenvalue weighted by Crippen LogP contribution is 2.03. The summed E-state index contributed by atoms with van der Waals surface area (Å²) >= 11 is 5.08. The number of hydrogen-bond donors (Lipinski definition) is 1. The first-order valence-corrected chi connectivity index (χ1v) is 5.85. The lowest BCUT2D eigenvalue weighted by Gasteiger charge is -2.21. The molecule has 0 fully saturated rings. The normalized spacial score (nSPS) is 9.82. The van der Waals surface area contributed by atoms with Crippen LogP contribution in [0.15, 0.2) is 24.3 Å². The van der Waals surface area contributed by atoms with E-state index in [1.165, 1.54) is 18.2 Å². The van der Waals surface area contributed by atoms with Gasteiger partial charge in [0.05, 0.1) is 0 Å². The minimum absolute atomic E-state index is 0.263. The van der Waals surface area contributed by atoms with Crippen molar-refractivity contribution >= 4 is 23.2 Å². The fourth-order valence-corrected chi connectivity index (χ4v) is 1.74. The summed E-state index contributed by atoms with van der Waals surface area (Å²) in [7, 11) is 0. The van der Waals surface area contributed by atoms with E-state index in [9.17, 15) is 9.18 Å². The van der Waals surface area contributed by atoms with Crippen LogP contribution >= 0.6 is 12.2 Å². The van der Waals surface area contributed by atoms with Crippen LogP contribution in [0.25, 0.3) is 0 Å². The molecule has 0 radical (unpaired) electrons. The zero-order chi connectivity index (χ0) is 12.8. The number of benzene rings is 1. The van der Waals surface area contributed by atoms with Gasteiger partial charge in [-0.05, 0) is 44.3 Å². The lowest BCUT2D eigenvalue weighted by atomic mass is 10.2. The molecule has 1 rings (SSSR count). The number of halogens is 1. The molecule has 0 spiro atoms. The van der Waals surface area contributed by atoms with Crippen LogP contribution in [-0.4, -0.2) is 29.0 Å². The molecule has 0 aromatic heterocycles. The maximum Gasteiger partial charge on any atom is 0.257 e. The van der Waals surface area contributed by atoms with E-state index >= 15 is 0 Å². The van der Waals surface area contributed by atoms with Crippen molar-refractivity contribution in [2.24, 2.45) is 0 Å². The molecule has 92 valence electrons. The van der Waals surface area contributed by atoms with E-state index in [1.54, 1.807) is 6.07 Å². The van der Waals surface area contributed by atoms with Crippen molar-refractivity contribution < 1.29 is 9.18 Å². The third kappa shape index (κ3) is 3.78. The van der Waals surface area contributed by atoms with Crippen LogP contribution in [0, 0.1) is 5.82 Å². The van der Waals surface area contributed by atoms with Gasteiger partial charge in [-0.25, -0.2) is 4.39 Å². The number of carbonyl (C=O) groups excluding carboxylic acids is 1. The number of thiocarbonyl (C=S) groups is 1. The molecule has 1 amide bonds. The summed E-state index contributed by atoms with van der Waals surface area (Å²) in [5, 5.41) is 2.94. The molecule has 0 atom stereocenters. The fraction of sp³-hybridized carbons (Fsp3) is 0.333. The molecule has 1 N–H and O–H groups in total. The van der Waals surface area contributed by atoms with Crippen LogP contribution in [-0.2, 0) is 0 Å². The molecule has 0 heterocycles. The molecule has 1 aromatic rings. The molecular weight excluding hydrogens is 239 g/mol. The first kappa shape index (κ1) is 13.6. The predicted octanol–water partition coefficient (Wildman–Crippen LogP) is 2.18. The van der Waals surface area contributed by atoms with Crippen LogP contribution < -0.4 is 5.32 Å². The summed E-state index contributed by atoms with van der Waals surface area (Å²) in [6.45, 7) is 5.34. The topological polar surface area (TPSA) is 32.3 Å². The Morgan fingerprint density at radius 1 is 1.41 bits per heavy atom. The third-order valence-corrected chi connectivity index (χ3v) is 2.72. The van der Waals surface area contributed by atoms with Crippen molar-refractivity contribution in [2.45, 2.75) is 13.8 Å². The molecule has 3 nitrogen and oxygen atoms in total. The zero-order valence-electron chi connectivity index (χ0n) is 9.87. The second-order valence-electron chi connectivity index (χ2n) is 3.44. The van der Waals surface area contributed by atoms with E-state index in [1.807, 2.05) is 18.7 Å². The Kier molecular flexibility index (Phi) is 5.03. The number of hydrogen-bond acceptors (Lipinski definition) is 2. The number of rotatable bonds is 3. The van der Waals surface area contributed by atoms with Gasteiger partial charge in [-0.3, -0.25) is 10.1 Å². The van der Waals surface area contributed by atoms with Gasteiger partial charge in [-0.1, -0.05) is 6.07 Å². The first-order chi connectivity index (χ1) is 8.08. The Morgan fingerprint density at radius 2 is 2.06 bits per heavy atom. The molecule has 17 heavy (non-hydrogen) atoms.